The number of hydrogen-bond acceptors (Lipinski definition) is 4. The molecule has 0 aliphatic heterocycles. The molecule has 108 valence electrons. The number of carbonyl (C=O) groups is 2. The Labute approximate surface area is 117 Å². The highest BCUT2D eigenvalue weighted by atomic mass is 16.5. The van der Waals surface area contributed by atoms with Crippen LogP contribution >= 0.6 is 0 Å². The van der Waals surface area contributed by atoms with E-state index in [1.807, 2.05) is 0 Å². The number of ether oxygens (including phenoxy) is 1. The normalized spacial score (nSPS) is 15.1. The van der Waals surface area contributed by atoms with Gasteiger partial charge in [0.05, 0.1) is 18.9 Å². The molecule has 1 N–H and O–H groups in total. The molecule has 1 aromatic heterocycles. The number of carbonyl (C=O) groups excluding carboxylic acids is 1. The van der Waals surface area contributed by atoms with Gasteiger partial charge in [0.15, 0.2) is 0 Å². The molecule has 0 radical (unpaired) electrons. The maximum Gasteiger partial charge on any atom is 0.323 e. The number of pyridine rings is 1. The molecule has 0 unspecified atom stereocenters. The number of rotatable bonds is 5. The zero-order valence-electron chi connectivity index (χ0n) is 11.4. The van der Waals surface area contributed by atoms with Crippen molar-refractivity contribution < 1.29 is 19.4 Å². The predicted molar refractivity (Wildman–Crippen MR) is 71.7 cm³/mol. The van der Waals surface area contributed by atoms with Crippen LogP contribution in [0.25, 0.3) is 0 Å². The van der Waals surface area contributed by atoms with Gasteiger partial charge in [-0.15, -0.1) is 0 Å². The largest absolute Gasteiger partial charge is 0.494 e. The van der Waals surface area contributed by atoms with Crippen LogP contribution in [0, 0.1) is 0 Å². The molecule has 1 aliphatic rings. The summed E-state index contributed by atoms with van der Waals surface area (Å²) < 4.78 is 5.13. The monoisotopic (exact) mass is 278 g/mol. The van der Waals surface area contributed by atoms with Crippen LogP contribution in [-0.2, 0) is 4.79 Å². The van der Waals surface area contributed by atoms with Crippen LogP contribution in [0.3, 0.4) is 0 Å². The summed E-state index contributed by atoms with van der Waals surface area (Å²) in [6, 6.07) is 1.56. The van der Waals surface area contributed by atoms with Crippen LogP contribution in [0.1, 0.15) is 36.0 Å². The van der Waals surface area contributed by atoms with Gasteiger partial charge in [0.2, 0.25) is 0 Å². The van der Waals surface area contributed by atoms with Gasteiger partial charge < -0.3 is 14.7 Å². The summed E-state index contributed by atoms with van der Waals surface area (Å²) in [7, 11) is 1.46. The van der Waals surface area contributed by atoms with E-state index in [0.717, 1.165) is 25.7 Å². The summed E-state index contributed by atoms with van der Waals surface area (Å²) in [5, 5.41) is 9.03. The molecule has 0 bridgehead atoms. The average molecular weight is 278 g/mol. The topological polar surface area (TPSA) is 79.7 Å². The van der Waals surface area contributed by atoms with Gasteiger partial charge in [-0.05, 0) is 18.9 Å². The lowest BCUT2D eigenvalue weighted by molar-refractivity contribution is -0.138. The molecule has 1 aliphatic carbocycles. The van der Waals surface area contributed by atoms with Crippen LogP contribution in [0.5, 0.6) is 5.75 Å². The predicted octanol–water partition coefficient (Wildman–Crippen LogP) is 1.56. The third kappa shape index (κ3) is 3.07. The number of methoxy groups -OCH3 is 1. The van der Waals surface area contributed by atoms with Crippen LogP contribution in [0.2, 0.25) is 0 Å². The zero-order chi connectivity index (χ0) is 14.5. The van der Waals surface area contributed by atoms with Gasteiger partial charge >= 0.3 is 5.97 Å². The van der Waals surface area contributed by atoms with Crippen molar-refractivity contribution in [3.63, 3.8) is 0 Å². The average Bonchev–Trinajstić information content (AvgIpc) is 2.97. The van der Waals surface area contributed by atoms with Gasteiger partial charge in [0, 0.05) is 12.2 Å². The van der Waals surface area contributed by atoms with Crippen LogP contribution in [-0.4, -0.2) is 46.6 Å². The molecule has 0 saturated heterocycles. The minimum atomic E-state index is -1.00. The van der Waals surface area contributed by atoms with Crippen molar-refractivity contribution in [3.8, 4) is 5.75 Å². The maximum absolute atomic E-state index is 12.6. The SMILES string of the molecule is COc1cnccc1C(=O)N(CC(=O)O)C1CCCC1. The summed E-state index contributed by atoms with van der Waals surface area (Å²) in [6.45, 7) is -0.283. The van der Waals surface area contributed by atoms with Crippen LogP contribution < -0.4 is 4.74 Å². The van der Waals surface area contributed by atoms with Gasteiger partial charge in [0.1, 0.15) is 12.3 Å². The molecule has 2 rings (SSSR count). The third-order valence-corrected chi connectivity index (χ3v) is 3.57. The fourth-order valence-electron chi connectivity index (χ4n) is 2.60. The molecule has 1 fully saturated rings. The molecule has 20 heavy (non-hydrogen) atoms. The molecular weight excluding hydrogens is 260 g/mol. The quantitative estimate of drug-likeness (QED) is 0.884. The van der Waals surface area contributed by atoms with E-state index >= 15 is 0 Å². The van der Waals surface area contributed by atoms with Gasteiger partial charge in [-0.25, -0.2) is 0 Å². The van der Waals surface area contributed by atoms with Crippen LogP contribution in [0.15, 0.2) is 18.5 Å². The number of carboxylic acids is 1. The Kier molecular flexibility index (Phi) is 4.55. The highest BCUT2D eigenvalue weighted by molar-refractivity contribution is 5.98. The highest BCUT2D eigenvalue weighted by Gasteiger charge is 2.30. The minimum absolute atomic E-state index is 0.00327. The van der Waals surface area contributed by atoms with E-state index in [4.69, 9.17) is 9.84 Å². The van der Waals surface area contributed by atoms with Gasteiger partial charge in [-0.1, -0.05) is 12.8 Å². The van der Waals surface area contributed by atoms with E-state index in [9.17, 15) is 9.59 Å². The zero-order valence-corrected chi connectivity index (χ0v) is 11.4. The molecule has 0 spiro atoms. The van der Waals surface area contributed by atoms with Crippen molar-refractivity contribution >= 4 is 11.9 Å². The van der Waals surface area contributed by atoms with Gasteiger partial charge in [-0.2, -0.15) is 0 Å². The Morgan fingerprint density at radius 2 is 2.15 bits per heavy atom. The first kappa shape index (κ1) is 14.3. The maximum atomic E-state index is 12.6. The summed E-state index contributed by atoms with van der Waals surface area (Å²) in [5.74, 6) is -0.942. The lowest BCUT2D eigenvalue weighted by Crippen LogP contribution is -2.42. The smallest absolute Gasteiger partial charge is 0.323 e. The highest BCUT2D eigenvalue weighted by Crippen LogP contribution is 2.26. The van der Waals surface area contributed by atoms with E-state index in [-0.39, 0.29) is 18.5 Å². The van der Waals surface area contributed by atoms with Gasteiger partial charge in [0.25, 0.3) is 5.91 Å². The van der Waals surface area contributed by atoms with E-state index < -0.39 is 5.97 Å². The summed E-state index contributed by atoms with van der Waals surface area (Å²) in [4.78, 5) is 29.0. The molecule has 1 amide bonds. The summed E-state index contributed by atoms with van der Waals surface area (Å²) >= 11 is 0. The third-order valence-electron chi connectivity index (χ3n) is 3.57. The summed E-state index contributed by atoms with van der Waals surface area (Å²) in [6.07, 6.45) is 6.73. The number of aliphatic carboxylic acids is 1. The lowest BCUT2D eigenvalue weighted by Gasteiger charge is -2.27. The Bertz CT molecular complexity index is 498. The number of amides is 1. The first-order valence-electron chi connectivity index (χ1n) is 6.64. The fourth-order valence-corrected chi connectivity index (χ4v) is 2.60. The van der Waals surface area contributed by atoms with Crippen molar-refractivity contribution in [1.82, 2.24) is 9.88 Å². The summed E-state index contributed by atoms with van der Waals surface area (Å²) in [5.41, 5.74) is 0.357. The standard InChI is InChI=1S/C14H18N2O4/c1-20-12-8-15-7-6-11(12)14(19)16(9-13(17)18)10-4-2-3-5-10/h6-8,10H,2-5,9H2,1H3,(H,17,18). The second-order valence-corrected chi connectivity index (χ2v) is 4.84. The van der Waals surface area contributed by atoms with Crippen molar-refractivity contribution in [1.29, 1.82) is 0 Å². The van der Waals surface area contributed by atoms with E-state index in [1.54, 1.807) is 6.07 Å². The second-order valence-electron chi connectivity index (χ2n) is 4.84. The van der Waals surface area contributed by atoms with E-state index in [0.29, 0.717) is 11.3 Å². The first-order valence-corrected chi connectivity index (χ1v) is 6.64. The Morgan fingerprint density at radius 3 is 2.75 bits per heavy atom. The minimum Gasteiger partial charge on any atom is -0.494 e. The van der Waals surface area contributed by atoms with Crippen molar-refractivity contribution in [2.75, 3.05) is 13.7 Å². The molecule has 1 aromatic rings. The van der Waals surface area contributed by atoms with Gasteiger partial charge in [-0.3, -0.25) is 14.6 Å². The lowest BCUT2D eigenvalue weighted by atomic mass is 10.1. The molecule has 1 heterocycles. The number of carboxylic acid groups (broad SMARTS) is 1. The molecule has 0 atom stereocenters. The number of aromatic nitrogens is 1. The second kappa shape index (κ2) is 6.36. The van der Waals surface area contributed by atoms with Crippen molar-refractivity contribution in [2.24, 2.45) is 0 Å². The number of hydrogen-bond donors (Lipinski definition) is 1. The molecule has 1 saturated carbocycles. The molecule has 0 aromatic carbocycles. The number of nitrogens with zero attached hydrogens (tertiary/aromatic N) is 2. The Balaban J connectivity index is 2.27. The fraction of sp³-hybridized carbons (Fsp3) is 0.500. The molecule has 6 heteroatoms. The van der Waals surface area contributed by atoms with Crippen molar-refractivity contribution in [2.45, 2.75) is 31.7 Å². The van der Waals surface area contributed by atoms with Crippen LogP contribution in [0.4, 0.5) is 0 Å². The molecular formula is C14H18N2O4. The Hall–Kier alpha value is -2.11. The van der Waals surface area contributed by atoms with Crippen molar-refractivity contribution in [3.05, 3.63) is 24.0 Å². The van der Waals surface area contributed by atoms with E-state index in [2.05, 4.69) is 4.98 Å². The Morgan fingerprint density at radius 1 is 1.45 bits per heavy atom. The van der Waals surface area contributed by atoms with E-state index in [1.165, 1.54) is 24.4 Å². The molecule has 6 nitrogen and oxygen atoms in total. The first-order chi connectivity index (χ1) is 9.63.